The lowest BCUT2D eigenvalue weighted by atomic mass is 10.2. The molecular weight excluding hydrogens is 482 g/mol. The van der Waals surface area contributed by atoms with Gasteiger partial charge < -0.3 is 9.64 Å². The topological polar surface area (TPSA) is 132 Å². The largest absolute Gasteiger partial charge is 0.495 e. The van der Waals surface area contributed by atoms with Crippen LogP contribution >= 0.6 is 23.4 Å². The highest BCUT2D eigenvalue weighted by atomic mass is 32.2. The number of nitrogens with zero attached hydrogens (tertiary/aromatic N) is 5. The quantitative estimate of drug-likeness (QED) is 0.0905. The van der Waals surface area contributed by atoms with Crippen molar-refractivity contribution in [2.75, 3.05) is 25.1 Å². The van der Waals surface area contributed by atoms with E-state index in [4.69, 9.17) is 9.99 Å². The smallest absolute Gasteiger partial charge is 0.273 e. The van der Waals surface area contributed by atoms with Gasteiger partial charge in [0.05, 0.1) is 44.9 Å². The van der Waals surface area contributed by atoms with E-state index in [0.29, 0.717) is 37.2 Å². The molecule has 11 nitrogen and oxygen atoms in total. The average molecular weight is 508 g/mol. The highest BCUT2D eigenvalue weighted by Crippen LogP contribution is 2.42. The summed E-state index contributed by atoms with van der Waals surface area (Å²) in [6, 6.07) is 6.71. The fourth-order valence-corrected chi connectivity index (χ4v) is 4.68. The van der Waals surface area contributed by atoms with Crippen LogP contribution in [0.15, 0.2) is 39.4 Å². The van der Waals surface area contributed by atoms with Crippen LogP contribution < -0.4 is 9.64 Å². The number of anilines is 1. The molecule has 34 heavy (non-hydrogen) atoms. The van der Waals surface area contributed by atoms with Gasteiger partial charge in [-0.1, -0.05) is 30.2 Å². The molecule has 1 N–H and O–H groups in total. The summed E-state index contributed by atoms with van der Waals surface area (Å²) in [5.41, 5.74) is 2.43. The Morgan fingerprint density at radius 3 is 2.56 bits per heavy atom. The van der Waals surface area contributed by atoms with Crippen molar-refractivity contribution in [3.05, 3.63) is 39.9 Å². The van der Waals surface area contributed by atoms with Crippen LogP contribution in [-0.4, -0.2) is 35.4 Å². The average Bonchev–Trinajstić information content (AvgIpc) is 3.22. The molecule has 13 heteroatoms. The molecule has 0 aliphatic rings. The van der Waals surface area contributed by atoms with Gasteiger partial charge in [0.25, 0.3) is 5.69 Å². The second-order valence-electron chi connectivity index (χ2n) is 7.26. The molecule has 0 radical (unpaired) electrons. The number of aryl methyl sites for hydroxylation is 1. The van der Waals surface area contributed by atoms with Gasteiger partial charge in [-0.2, -0.15) is 0 Å². The van der Waals surface area contributed by atoms with Crippen LogP contribution in [0.5, 0.6) is 5.75 Å². The van der Waals surface area contributed by atoms with Gasteiger partial charge in [-0.25, -0.2) is 10.2 Å². The molecule has 0 atom stereocenters. The van der Waals surface area contributed by atoms with Gasteiger partial charge in [-0.15, -0.1) is 14.6 Å². The number of methoxy groups -OCH3 is 1. The number of azo groups is 1. The molecule has 0 saturated carbocycles. The van der Waals surface area contributed by atoms with Crippen LogP contribution in [-0.2, 0) is 9.37 Å². The van der Waals surface area contributed by atoms with Gasteiger partial charge >= 0.3 is 0 Å². The molecule has 1 heterocycles. The maximum Gasteiger partial charge on any atom is 0.273 e. The maximum atomic E-state index is 11.2. The number of thiazole rings is 1. The number of nitro benzene ring substituents is 1. The second kappa shape index (κ2) is 12.0. The summed E-state index contributed by atoms with van der Waals surface area (Å²) in [6.45, 7) is 7.54. The standard InChI is InChI=1S/C21H25N5O6S2/c1-5-7-25(8-6-2)17-12-20(34-32-31-29)15(10-18(17)30-4)23-24-21-22-14-9-13(3)16(26(27)28)11-19(14)33-21/h9-12,29H,5-8H2,1-4H3/b24-23+. The van der Waals surface area contributed by atoms with E-state index < -0.39 is 4.92 Å². The Hall–Kier alpha value is -2.84. The van der Waals surface area contributed by atoms with E-state index in [1.165, 1.54) is 17.4 Å². The fraction of sp³-hybridized carbons (Fsp3) is 0.381. The summed E-state index contributed by atoms with van der Waals surface area (Å²) in [4.78, 5) is 17.9. The van der Waals surface area contributed by atoms with Crippen LogP contribution in [0.4, 0.5) is 22.2 Å². The lowest BCUT2D eigenvalue weighted by molar-refractivity contribution is -0.432. The summed E-state index contributed by atoms with van der Waals surface area (Å²) in [7, 11) is 1.58. The van der Waals surface area contributed by atoms with Gasteiger partial charge in [0, 0.05) is 30.8 Å². The van der Waals surface area contributed by atoms with E-state index >= 15 is 0 Å². The highest BCUT2D eigenvalue weighted by molar-refractivity contribution is 7.94. The lowest BCUT2D eigenvalue weighted by Crippen LogP contribution is -2.25. The van der Waals surface area contributed by atoms with Crippen LogP contribution in [0, 0.1) is 17.0 Å². The van der Waals surface area contributed by atoms with Crippen LogP contribution in [0.2, 0.25) is 0 Å². The zero-order chi connectivity index (χ0) is 24.7. The van der Waals surface area contributed by atoms with Crippen LogP contribution in [0.3, 0.4) is 0 Å². The van der Waals surface area contributed by atoms with Crippen molar-refractivity contribution in [1.82, 2.24) is 4.98 Å². The van der Waals surface area contributed by atoms with Crippen molar-refractivity contribution in [2.45, 2.75) is 38.5 Å². The molecule has 0 aliphatic carbocycles. The number of rotatable bonds is 12. The van der Waals surface area contributed by atoms with E-state index in [0.717, 1.165) is 43.7 Å². The second-order valence-corrected chi connectivity index (χ2v) is 9.02. The third-order valence-corrected chi connectivity index (χ3v) is 6.42. The fourth-order valence-electron chi connectivity index (χ4n) is 3.43. The Labute approximate surface area is 204 Å². The van der Waals surface area contributed by atoms with Crippen molar-refractivity contribution in [1.29, 1.82) is 0 Å². The highest BCUT2D eigenvalue weighted by Gasteiger charge is 2.18. The van der Waals surface area contributed by atoms with E-state index in [1.807, 2.05) is 6.07 Å². The lowest BCUT2D eigenvalue weighted by Gasteiger charge is -2.26. The van der Waals surface area contributed by atoms with Crippen LogP contribution in [0.1, 0.15) is 32.3 Å². The number of fused-ring (bicyclic) bond motifs is 1. The maximum absolute atomic E-state index is 11.2. The number of nitro groups is 1. The molecule has 3 rings (SSSR count). The van der Waals surface area contributed by atoms with Crippen LogP contribution in [0.25, 0.3) is 10.2 Å². The molecule has 3 aromatic rings. The number of ether oxygens (including phenoxy) is 1. The zero-order valence-corrected chi connectivity index (χ0v) is 20.8. The van der Waals surface area contributed by atoms with E-state index in [-0.39, 0.29) is 5.69 Å². The predicted molar refractivity (Wildman–Crippen MR) is 132 cm³/mol. The van der Waals surface area contributed by atoms with Crippen molar-refractivity contribution < 1.29 is 24.3 Å². The summed E-state index contributed by atoms with van der Waals surface area (Å²) in [5.74, 6) is 0.612. The Balaban J connectivity index is 2.01. The summed E-state index contributed by atoms with van der Waals surface area (Å²) in [6.07, 6.45) is 1.91. The normalized spacial score (nSPS) is 11.4. The molecule has 0 aliphatic heterocycles. The molecule has 0 fully saturated rings. The summed E-state index contributed by atoms with van der Waals surface area (Å²) < 4.78 is 10.9. The van der Waals surface area contributed by atoms with Gasteiger partial charge in [0.1, 0.15) is 11.4 Å². The van der Waals surface area contributed by atoms with E-state index in [2.05, 4.69) is 43.3 Å². The van der Waals surface area contributed by atoms with Crippen molar-refractivity contribution in [3.63, 3.8) is 0 Å². The molecule has 0 saturated heterocycles. The third kappa shape index (κ3) is 5.98. The SMILES string of the molecule is CCCN(CCC)c1cc(SOOO)c(/N=N/c2nc3cc(C)c([N+](=O)[O-])cc3s2)cc1OC. The van der Waals surface area contributed by atoms with E-state index in [1.54, 1.807) is 26.2 Å². The first kappa shape index (κ1) is 25.8. The Morgan fingerprint density at radius 2 is 1.94 bits per heavy atom. The number of hydrogen-bond acceptors (Lipinski definition) is 12. The Morgan fingerprint density at radius 1 is 1.21 bits per heavy atom. The molecular formula is C21H25N5O6S2. The monoisotopic (exact) mass is 507 g/mol. The number of hydrogen-bond donors (Lipinski definition) is 1. The minimum absolute atomic E-state index is 0.0310. The van der Waals surface area contributed by atoms with Gasteiger partial charge in [-0.3, -0.25) is 10.1 Å². The van der Waals surface area contributed by atoms with Gasteiger partial charge in [0.2, 0.25) is 5.13 Å². The first-order valence-electron chi connectivity index (χ1n) is 10.5. The van der Waals surface area contributed by atoms with E-state index in [9.17, 15) is 10.1 Å². The minimum atomic E-state index is -0.420. The summed E-state index contributed by atoms with van der Waals surface area (Å²) >= 11 is 1.97. The van der Waals surface area contributed by atoms with Crippen molar-refractivity contribution in [2.24, 2.45) is 10.2 Å². The first-order chi connectivity index (χ1) is 16.4. The van der Waals surface area contributed by atoms with Crippen molar-refractivity contribution in [3.8, 4) is 5.75 Å². The van der Waals surface area contributed by atoms with Crippen molar-refractivity contribution >= 4 is 55.8 Å². The molecule has 0 bridgehead atoms. The molecule has 0 spiro atoms. The predicted octanol–water partition coefficient (Wildman–Crippen LogP) is 6.99. The zero-order valence-electron chi connectivity index (χ0n) is 19.2. The minimum Gasteiger partial charge on any atom is -0.495 e. The molecule has 1 aromatic heterocycles. The van der Waals surface area contributed by atoms with Gasteiger partial charge in [0.15, 0.2) is 0 Å². The summed E-state index contributed by atoms with van der Waals surface area (Å²) in [5, 5.41) is 32.5. The molecule has 0 unspecified atom stereocenters. The number of benzene rings is 2. The molecule has 0 amide bonds. The molecule has 2 aromatic carbocycles. The third-order valence-electron chi connectivity index (χ3n) is 4.88. The number of aromatic nitrogens is 1. The Bertz CT molecular complexity index is 1180. The van der Waals surface area contributed by atoms with Gasteiger partial charge in [-0.05, 0) is 31.9 Å². The Kier molecular flexibility index (Phi) is 9.12. The first-order valence-corrected chi connectivity index (χ1v) is 12.1. The molecule has 182 valence electrons.